The number of H-pyrrole nitrogens is 1. The highest BCUT2D eigenvalue weighted by molar-refractivity contribution is 5.25. The number of aromatic nitrogens is 4. The van der Waals surface area contributed by atoms with Crippen molar-refractivity contribution in [1.82, 2.24) is 24.9 Å². The maximum Gasteiger partial charge on any atom is 0.0641 e. The lowest BCUT2D eigenvalue weighted by molar-refractivity contribution is 0.136. The van der Waals surface area contributed by atoms with E-state index in [1.165, 1.54) is 41.9 Å². The van der Waals surface area contributed by atoms with Gasteiger partial charge in [0.2, 0.25) is 0 Å². The van der Waals surface area contributed by atoms with Gasteiger partial charge in [-0.3, -0.25) is 14.7 Å². The molecule has 3 heterocycles. The van der Waals surface area contributed by atoms with Gasteiger partial charge in [0, 0.05) is 30.5 Å². The summed E-state index contributed by atoms with van der Waals surface area (Å²) in [6.45, 7) is 9.55. The van der Waals surface area contributed by atoms with Crippen LogP contribution in [-0.2, 0) is 13.1 Å². The highest BCUT2D eigenvalue weighted by atomic mass is 15.3. The lowest BCUT2D eigenvalue weighted by Gasteiger charge is -2.35. The highest BCUT2D eigenvalue weighted by Crippen LogP contribution is 2.31. The van der Waals surface area contributed by atoms with Crippen LogP contribution in [0.2, 0.25) is 0 Å². The Bertz CT molecular complexity index is 584. The third-order valence-corrected chi connectivity index (χ3v) is 4.69. The van der Waals surface area contributed by atoms with E-state index in [-0.39, 0.29) is 0 Å². The molecular weight excluding hydrogens is 262 g/mol. The molecule has 5 nitrogen and oxygen atoms in total. The summed E-state index contributed by atoms with van der Waals surface area (Å²) < 4.78 is 2.11. The minimum Gasteiger partial charge on any atom is -0.290 e. The lowest BCUT2D eigenvalue weighted by atomic mass is 9.98. The van der Waals surface area contributed by atoms with Crippen LogP contribution in [0.4, 0.5) is 0 Å². The van der Waals surface area contributed by atoms with E-state index in [1.54, 1.807) is 0 Å². The second-order valence-electron chi connectivity index (χ2n) is 5.96. The van der Waals surface area contributed by atoms with Crippen molar-refractivity contribution in [3.63, 3.8) is 0 Å². The number of aryl methyl sites for hydroxylation is 2. The zero-order valence-electron chi connectivity index (χ0n) is 13.3. The van der Waals surface area contributed by atoms with Gasteiger partial charge in [0.25, 0.3) is 0 Å². The molecule has 1 atom stereocenters. The van der Waals surface area contributed by atoms with E-state index in [0.717, 1.165) is 19.6 Å². The quantitative estimate of drug-likeness (QED) is 0.940. The summed E-state index contributed by atoms with van der Waals surface area (Å²) in [6, 6.07) is 2.57. The fourth-order valence-electron chi connectivity index (χ4n) is 3.46. The van der Waals surface area contributed by atoms with Crippen molar-refractivity contribution in [1.29, 1.82) is 0 Å². The third kappa shape index (κ3) is 2.75. The van der Waals surface area contributed by atoms with Crippen LogP contribution in [0.25, 0.3) is 0 Å². The first-order chi connectivity index (χ1) is 10.2. The number of aromatic amines is 1. The van der Waals surface area contributed by atoms with Gasteiger partial charge >= 0.3 is 0 Å². The summed E-state index contributed by atoms with van der Waals surface area (Å²) in [5.41, 5.74) is 5.11. The van der Waals surface area contributed by atoms with Crippen molar-refractivity contribution in [2.24, 2.45) is 0 Å². The number of hydrogen-bond donors (Lipinski definition) is 1. The van der Waals surface area contributed by atoms with Crippen LogP contribution in [0.5, 0.6) is 0 Å². The summed E-state index contributed by atoms with van der Waals surface area (Å²) in [5.74, 6) is 0. The van der Waals surface area contributed by atoms with Gasteiger partial charge in [-0.1, -0.05) is 6.42 Å². The summed E-state index contributed by atoms with van der Waals surface area (Å²) in [7, 11) is 0. The minimum absolute atomic E-state index is 0.463. The smallest absolute Gasteiger partial charge is 0.0641 e. The van der Waals surface area contributed by atoms with E-state index in [9.17, 15) is 0 Å². The monoisotopic (exact) mass is 287 g/mol. The van der Waals surface area contributed by atoms with Gasteiger partial charge in [-0.05, 0) is 46.2 Å². The molecular formula is C16H25N5. The predicted molar refractivity (Wildman–Crippen MR) is 83.0 cm³/mol. The Morgan fingerprint density at radius 1 is 1.33 bits per heavy atom. The van der Waals surface area contributed by atoms with Crippen LogP contribution >= 0.6 is 0 Å². The van der Waals surface area contributed by atoms with Crippen LogP contribution < -0.4 is 0 Å². The zero-order valence-corrected chi connectivity index (χ0v) is 13.3. The third-order valence-electron chi connectivity index (χ3n) is 4.69. The van der Waals surface area contributed by atoms with Gasteiger partial charge in [-0.2, -0.15) is 10.2 Å². The topological polar surface area (TPSA) is 49.7 Å². The lowest BCUT2D eigenvalue weighted by Crippen LogP contribution is -2.33. The van der Waals surface area contributed by atoms with Gasteiger partial charge in [0.15, 0.2) is 0 Å². The second kappa shape index (κ2) is 6.02. The summed E-state index contributed by atoms with van der Waals surface area (Å²) in [6.07, 6.45) is 5.65. The van der Waals surface area contributed by atoms with E-state index in [1.807, 2.05) is 6.20 Å². The van der Waals surface area contributed by atoms with Crippen molar-refractivity contribution >= 4 is 0 Å². The van der Waals surface area contributed by atoms with Crippen LogP contribution in [0.3, 0.4) is 0 Å². The Morgan fingerprint density at radius 3 is 2.86 bits per heavy atom. The molecule has 0 spiro atoms. The Labute approximate surface area is 126 Å². The van der Waals surface area contributed by atoms with Gasteiger partial charge in [0.1, 0.15) is 0 Å². The van der Waals surface area contributed by atoms with E-state index in [4.69, 9.17) is 0 Å². The van der Waals surface area contributed by atoms with Gasteiger partial charge in [-0.25, -0.2) is 0 Å². The Morgan fingerprint density at radius 2 is 2.19 bits per heavy atom. The molecule has 0 radical (unpaired) electrons. The largest absolute Gasteiger partial charge is 0.290 e. The van der Waals surface area contributed by atoms with Crippen LogP contribution in [0, 0.1) is 13.8 Å². The first-order valence-electron chi connectivity index (χ1n) is 7.97. The highest BCUT2D eigenvalue weighted by Gasteiger charge is 2.26. The molecule has 5 heteroatoms. The average Bonchev–Trinajstić information content (AvgIpc) is 3.11. The normalized spacial score (nSPS) is 20.0. The molecule has 1 aliphatic heterocycles. The molecule has 1 aliphatic rings. The van der Waals surface area contributed by atoms with Crippen LogP contribution in [0.15, 0.2) is 12.3 Å². The molecule has 0 aromatic carbocycles. The summed E-state index contributed by atoms with van der Waals surface area (Å²) in [5, 5.41) is 11.9. The standard InChI is InChI=1S/C16H25N5/c1-4-21-13(3)14(12(2)19-21)11-20-10-6-5-7-16(20)15-8-9-17-18-15/h8-9,16H,4-7,10-11H2,1-3H3,(H,17,18)/t16-/m0/s1. The molecule has 1 saturated heterocycles. The summed E-state index contributed by atoms with van der Waals surface area (Å²) in [4.78, 5) is 2.58. The molecule has 0 unspecified atom stereocenters. The zero-order chi connectivity index (χ0) is 14.8. The molecule has 0 saturated carbocycles. The maximum absolute atomic E-state index is 4.65. The fourth-order valence-corrected chi connectivity index (χ4v) is 3.46. The minimum atomic E-state index is 0.463. The van der Waals surface area contributed by atoms with E-state index in [2.05, 4.69) is 51.7 Å². The number of nitrogens with one attached hydrogen (secondary N) is 1. The molecule has 0 aliphatic carbocycles. The van der Waals surface area contributed by atoms with Gasteiger partial charge in [-0.15, -0.1) is 0 Å². The fraction of sp³-hybridized carbons (Fsp3) is 0.625. The van der Waals surface area contributed by atoms with Crippen molar-refractivity contribution in [3.05, 3.63) is 34.9 Å². The van der Waals surface area contributed by atoms with Crippen LogP contribution in [0.1, 0.15) is 54.9 Å². The first kappa shape index (κ1) is 14.3. The van der Waals surface area contributed by atoms with E-state index < -0.39 is 0 Å². The molecule has 1 N–H and O–H groups in total. The number of hydrogen-bond acceptors (Lipinski definition) is 3. The number of rotatable bonds is 4. The first-order valence-corrected chi connectivity index (χ1v) is 7.97. The summed E-state index contributed by atoms with van der Waals surface area (Å²) >= 11 is 0. The van der Waals surface area contributed by atoms with Crippen molar-refractivity contribution < 1.29 is 0 Å². The molecule has 2 aromatic rings. The Kier molecular flexibility index (Phi) is 4.10. The molecule has 2 aromatic heterocycles. The van der Waals surface area contributed by atoms with Crippen molar-refractivity contribution in [2.45, 2.75) is 59.2 Å². The molecule has 3 rings (SSSR count). The SMILES string of the molecule is CCn1nc(C)c(CN2CCCC[C@H]2c2ccn[nH]2)c1C. The van der Waals surface area contributed by atoms with Crippen LogP contribution in [-0.4, -0.2) is 31.4 Å². The molecule has 0 bridgehead atoms. The molecule has 21 heavy (non-hydrogen) atoms. The number of likely N-dealkylation sites (tertiary alicyclic amines) is 1. The van der Waals surface area contributed by atoms with Gasteiger partial charge in [0.05, 0.1) is 17.4 Å². The maximum atomic E-state index is 4.65. The van der Waals surface area contributed by atoms with E-state index in [0.29, 0.717) is 6.04 Å². The average molecular weight is 287 g/mol. The van der Waals surface area contributed by atoms with E-state index >= 15 is 0 Å². The second-order valence-corrected chi connectivity index (χ2v) is 5.96. The molecule has 1 fully saturated rings. The number of nitrogens with zero attached hydrogens (tertiary/aromatic N) is 4. The number of piperidine rings is 1. The molecule has 0 amide bonds. The predicted octanol–water partition coefficient (Wildman–Crippen LogP) is 2.97. The molecule has 114 valence electrons. The Hall–Kier alpha value is -1.62. The van der Waals surface area contributed by atoms with Gasteiger partial charge < -0.3 is 0 Å². The van der Waals surface area contributed by atoms with Crippen molar-refractivity contribution in [3.8, 4) is 0 Å². The Balaban J connectivity index is 1.83. The van der Waals surface area contributed by atoms with Crippen molar-refractivity contribution in [2.75, 3.05) is 6.54 Å².